The first-order chi connectivity index (χ1) is 11.3. The van der Waals surface area contributed by atoms with Crippen molar-refractivity contribution in [2.45, 2.75) is 57.1 Å². The van der Waals surface area contributed by atoms with Gasteiger partial charge in [-0.15, -0.1) is 0 Å². The lowest BCUT2D eigenvalue weighted by Gasteiger charge is -2.33. The fourth-order valence-corrected chi connectivity index (χ4v) is 5.83. The fraction of sp³-hybridized carbons (Fsp3) is 1.00. The molecule has 4 aliphatic rings. The monoisotopic (exact) mass is 322 g/mol. The summed E-state index contributed by atoms with van der Waals surface area (Å²) in [4.78, 5) is 4.96. The number of hydrogen-bond donors (Lipinski definition) is 1. The summed E-state index contributed by atoms with van der Waals surface area (Å²) in [5, 5.41) is 10.5. The van der Waals surface area contributed by atoms with Gasteiger partial charge in [-0.25, -0.2) is 0 Å². The third-order valence-corrected chi connectivity index (χ3v) is 6.98. The molecule has 2 saturated carbocycles. The number of nitrogens with zero attached hydrogens (tertiary/aromatic N) is 2. The van der Waals surface area contributed by atoms with Crippen LogP contribution in [0.3, 0.4) is 0 Å². The van der Waals surface area contributed by atoms with Crippen molar-refractivity contribution in [3.8, 4) is 0 Å². The second-order valence-electron chi connectivity index (χ2n) is 8.53. The van der Waals surface area contributed by atoms with Gasteiger partial charge in [0.25, 0.3) is 0 Å². The Morgan fingerprint density at radius 3 is 2.61 bits per heavy atom. The lowest BCUT2D eigenvalue weighted by molar-refractivity contribution is 0.00487. The molecule has 0 aromatic rings. The molecular weight excluding hydrogens is 288 g/mol. The Hall–Kier alpha value is -0.160. The molecule has 4 rings (SSSR count). The van der Waals surface area contributed by atoms with Crippen LogP contribution in [0.1, 0.15) is 44.9 Å². The second-order valence-corrected chi connectivity index (χ2v) is 8.53. The average Bonchev–Trinajstić information content (AvgIpc) is 3.26. The van der Waals surface area contributed by atoms with Crippen LogP contribution >= 0.6 is 0 Å². The van der Waals surface area contributed by atoms with Gasteiger partial charge in [-0.1, -0.05) is 6.42 Å². The molecule has 132 valence electrons. The number of likely N-dealkylation sites (tertiary alicyclic amines) is 1. The molecule has 4 fully saturated rings. The van der Waals surface area contributed by atoms with Crippen molar-refractivity contribution in [2.24, 2.45) is 17.8 Å². The smallest absolute Gasteiger partial charge is 0.0793 e. The summed E-state index contributed by atoms with van der Waals surface area (Å²) in [6, 6.07) is 0.749. The lowest BCUT2D eigenvalue weighted by atomic mass is 9.83. The molecule has 0 unspecified atom stereocenters. The largest absolute Gasteiger partial charge is 0.390 e. The Morgan fingerprint density at radius 1 is 1.00 bits per heavy atom. The number of hydrogen-bond acceptors (Lipinski definition) is 4. The molecular formula is C19H34N2O2. The van der Waals surface area contributed by atoms with Crippen LogP contribution in [0.2, 0.25) is 0 Å². The summed E-state index contributed by atoms with van der Waals surface area (Å²) in [6.07, 6.45) is 9.94. The molecule has 2 bridgehead atoms. The predicted molar refractivity (Wildman–Crippen MR) is 91.4 cm³/mol. The number of rotatable bonds is 6. The summed E-state index contributed by atoms with van der Waals surface area (Å²) in [5.74, 6) is 3.10. The van der Waals surface area contributed by atoms with E-state index in [1.54, 1.807) is 0 Å². The van der Waals surface area contributed by atoms with Crippen molar-refractivity contribution < 1.29 is 9.84 Å². The number of aliphatic hydroxyl groups excluding tert-OH is 1. The maximum absolute atomic E-state index is 10.5. The quantitative estimate of drug-likeness (QED) is 0.811. The molecule has 0 spiro atoms. The summed E-state index contributed by atoms with van der Waals surface area (Å²) in [5.41, 5.74) is 0. The van der Waals surface area contributed by atoms with Crippen molar-refractivity contribution in [1.82, 2.24) is 9.80 Å². The summed E-state index contributed by atoms with van der Waals surface area (Å²) in [7, 11) is 0. The Morgan fingerprint density at radius 2 is 1.87 bits per heavy atom. The first kappa shape index (κ1) is 16.3. The maximum Gasteiger partial charge on any atom is 0.0793 e. The predicted octanol–water partition coefficient (Wildman–Crippen LogP) is 1.97. The fourth-order valence-electron chi connectivity index (χ4n) is 5.83. The molecule has 2 saturated heterocycles. The SMILES string of the molecule is O[C@H](CN1CCOCC1)CN1CCC[C@@H]1C[C@@H]1C[C@H]2CC[C@H]1C2. The Kier molecular flexibility index (Phi) is 5.24. The number of fused-ring (bicyclic) bond motifs is 2. The molecule has 0 aromatic carbocycles. The van der Waals surface area contributed by atoms with Crippen LogP contribution in [0.5, 0.6) is 0 Å². The lowest BCUT2D eigenvalue weighted by Crippen LogP contribution is -2.45. The van der Waals surface area contributed by atoms with Gasteiger partial charge in [-0.05, 0) is 62.8 Å². The molecule has 23 heavy (non-hydrogen) atoms. The van der Waals surface area contributed by atoms with Crippen molar-refractivity contribution in [3.63, 3.8) is 0 Å². The maximum atomic E-state index is 10.5. The molecule has 4 nitrogen and oxygen atoms in total. The van der Waals surface area contributed by atoms with E-state index in [2.05, 4.69) is 9.80 Å². The third-order valence-electron chi connectivity index (χ3n) is 6.98. The van der Waals surface area contributed by atoms with Gasteiger partial charge in [-0.2, -0.15) is 0 Å². The highest BCUT2D eigenvalue weighted by Gasteiger charge is 2.41. The van der Waals surface area contributed by atoms with Crippen LogP contribution in [0, 0.1) is 17.8 Å². The van der Waals surface area contributed by atoms with Gasteiger partial charge in [0.05, 0.1) is 19.3 Å². The van der Waals surface area contributed by atoms with E-state index in [1.165, 1.54) is 51.5 Å². The van der Waals surface area contributed by atoms with Crippen molar-refractivity contribution in [2.75, 3.05) is 45.9 Å². The number of aliphatic hydroxyl groups is 1. The van der Waals surface area contributed by atoms with Gasteiger partial charge in [-0.3, -0.25) is 9.80 Å². The zero-order valence-electron chi connectivity index (χ0n) is 14.5. The number of morpholine rings is 1. The molecule has 2 aliphatic heterocycles. The molecule has 4 heteroatoms. The van der Waals surface area contributed by atoms with Crippen LogP contribution in [-0.2, 0) is 4.74 Å². The average molecular weight is 322 g/mol. The van der Waals surface area contributed by atoms with E-state index >= 15 is 0 Å². The van der Waals surface area contributed by atoms with E-state index in [0.717, 1.165) is 63.2 Å². The highest BCUT2D eigenvalue weighted by Crippen LogP contribution is 2.50. The minimum Gasteiger partial charge on any atom is -0.390 e. The Balaban J connectivity index is 1.24. The van der Waals surface area contributed by atoms with Crippen LogP contribution in [0.15, 0.2) is 0 Å². The van der Waals surface area contributed by atoms with E-state index in [1.807, 2.05) is 0 Å². The molecule has 5 atom stereocenters. The Labute approximate surface area is 141 Å². The van der Waals surface area contributed by atoms with E-state index < -0.39 is 0 Å². The van der Waals surface area contributed by atoms with Crippen LogP contribution in [0.4, 0.5) is 0 Å². The zero-order chi connectivity index (χ0) is 15.6. The van der Waals surface area contributed by atoms with Gasteiger partial charge in [0.1, 0.15) is 0 Å². The number of β-amino-alcohol motifs (C(OH)–C–C–N with tert-alkyl or cyclic N) is 1. The first-order valence-electron chi connectivity index (χ1n) is 10.00. The van der Waals surface area contributed by atoms with Crippen molar-refractivity contribution in [3.05, 3.63) is 0 Å². The topological polar surface area (TPSA) is 35.9 Å². The normalized spacial score (nSPS) is 40.0. The van der Waals surface area contributed by atoms with E-state index in [9.17, 15) is 5.11 Å². The van der Waals surface area contributed by atoms with E-state index in [-0.39, 0.29) is 6.10 Å². The molecule has 1 N–H and O–H groups in total. The summed E-state index contributed by atoms with van der Waals surface area (Å²) >= 11 is 0. The van der Waals surface area contributed by atoms with E-state index in [4.69, 9.17) is 4.74 Å². The third kappa shape index (κ3) is 3.92. The Bertz CT molecular complexity index is 386. The van der Waals surface area contributed by atoms with E-state index in [0.29, 0.717) is 0 Å². The van der Waals surface area contributed by atoms with Gasteiger partial charge in [0, 0.05) is 32.2 Å². The second kappa shape index (κ2) is 7.38. The van der Waals surface area contributed by atoms with Crippen molar-refractivity contribution >= 4 is 0 Å². The highest BCUT2D eigenvalue weighted by atomic mass is 16.5. The zero-order valence-corrected chi connectivity index (χ0v) is 14.5. The van der Waals surface area contributed by atoms with Crippen molar-refractivity contribution in [1.29, 1.82) is 0 Å². The van der Waals surface area contributed by atoms with Gasteiger partial charge >= 0.3 is 0 Å². The minimum atomic E-state index is -0.200. The standard InChI is InChI=1S/C19H34N2O2/c22-19(13-20-6-8-23-9-7-20)14-21-5-1-2-18(21)12-17-11-15-3-4-16(17)10-15/h15-19,22H,1-14H2/t15-,16-,17-,18+,19+/m0/s1. The first-order valence-corrected chi connectivity index (χ1v) is 10.00. The van der Waals surface area contributed by atoms with Crippen LogP contribution < -0.4 is 0 Å². The molecule has 2 heterocycles. The molecule has 0 amide bonds. The molecule has 0 radical (unpaired) electrons. The van der Waals surface area contributed by atoms with Gasteiger partial charge in [0.15, 0.2) is 0 Å². The minimum absolute atomic E-state index is 0.200. The van der Waals surface area contributed by atoms with Crippen LogP contribution in [0.25, 0.3) is 0 Å². The highest BCUT2D eigenvalue weighted by molar-refractivity contribution is 4.93. The molecule has 2 aliphatic carbocycles. The summed E-state index contributed by atoms with van der Waals surface area (Å²) in [6.45, 7) is 6.50. The molecule has 0 aromatic heterocycles. The van der Waals surface area contributed by atoms with Gasteiger partial charge < -0.3 is 9.84 Å². The van der Waals surface area contributed by atoms with Gasteiger partial charge in [0.2, 0.25) is 0 Å². The number of ether oxygens (including phenoxy) is 1. The summed E-state index contributed by atoms with van der Waals surface area (Å²) < 4.78 is 5.40. The van der Waals surface area contributed by atoms with Crippen LogP contribution in [-0.4, -0.2) is 73.0 Å².